The monoisotopic (exact) mass is 560 g/mol. The first-order valence-electron chi connectivity index (χ1n) is 13.9. The first-order valence-corrected chi connectivity index (χ1v) is 13.9. The lowest BCUT2D eigenvalue weighted by Crippen LogP contribution is -2.35. The van der Waals surface area contributed by atoms with Crippen LogP contribution in [0.5, 0.6) is 17.2 Å². The standard InChI is InChI=1S/C34H32N4O4/c1-40-33-16-13-27(42-26-7-3-2-4-8-26)21-32(33)37-34(39)36-31-15-14-28(29-9-5-6-10-30(29)31)24-11-12-25(35-22-24)23-38-17-19-41-20-18-38/h2-16,21-22H,17-20,23H2,1H3,(H2,36,37,39). The van der Waals surface area contributed by atoms with E-state index in [1.54, 1.807) is 25.3 Å². The van der Waals surface area contributed by atoms with E-state index in [1.165, 1.54) is 0 Å². The summed E-state index contributed by atoms with van der Waals surface area (Å²) in [5, 5.41) is 7.87. The van der Waals surface area contributed by atoms with Gasteiger partial charge in [0, 0.05) is 42.8 Å². The van der Waals surface area contributed by atoms with Gasteiger partial charge in [-0.05, 0) is 47.3 Å². The van der Waals surface area contributed by atoms with Crippen LogP contribution in [0.25, 0.3) is 21.9 Å². The second-order valence-electron chi connectivity index (χ2n) is 9.99. The second-order valence-corrected chi connectivity index (χ2v) is 9.99. The molecule has 2 N–H and O–H groups in total. The summed E-state index contributed by atoms with van der Waals surface area (Å²) in [6, 6.07) is 30.5. The number of benzene rings is 4. The van der Waals surface area contributed by atoms with Crippen LogP contribution in [-0.2, 0) is 11.3 Å². The lowest BCUT2D eigenvalue weighted by atomic mass is 9.98. The largest absolute Gasteiger partial charge is 0.495 e. The number of nitrogens with one attached hydrogen (secondary N) is 2. The minimum absolute atomic E-state index is 0.391. The highest BCUT2D eigenvalue weighted by atomic mass is 16.5. The quantitative estimate of drug-likeness (QED) is 0.209. The van der Waals surface area contributed by atoms with Crippen molar-refractivity contribution in [1.29, 1.82) is 0 Å². The summed E-state index contributed by atoms with van der Waals surface area (Å²) in [5.74, 6) is 1.80. The van der Waals surface area contributed by atoms with E-state index in [-0.39, 0.29) is 0 Å². The lowest BCUT2D eigenvalue weighted by Gasteiger charge is -2.26. The van der Waals surface area contributed by atoms with Gasteiger partial charge in [-0.25, -0.2) is 4.79 Å². The maximum absolute atomic E-state index is 13.2. The van der Waals surface area contributed by atoms with E-state index in [9.17, 15) is 4.79 Å². The molecule has 1 aliphatic rings. The van der Waals surface area contributed by atoms with Crippen LogP contribution >= 0.6 is 0 Å². The summed E-state index contributed by atoms with van der Waals surface area (Å²) >= 11 is 0. The summed E-state index contributed by atoms with van der Waals surface area (Å²) < 4.78 is 16.9. The Morgan fingerprint density at radius 1 is 0.833 bits per heavy atom. The van der Waals surface area contributed by atoms with Crippen LogP contribution in [0.15, 0.2) is 103 Å². The van der Waals surface area contributed by atoms with Gasteiger partial charge in [0.05, 0.1) is 37.4 Å². The van der Waals surface area contributed by atoms with Crippen LogP contribution in [-0.4, -0.2) is 49.3 Å². The van der Waals surface area contributed by atoms with Crippen molar-refractivity contribution in [3.8, 4) is 28.4 Å². The number of hydrogen-bond donors (Lipinski definition) is 2. The Balaban J connectivity index is 1.19. The summed E-state index contributed by atoms with van der Waals surface area (Å²) in [4.78, 5) is 20.3. The van der Waals surface area contributed by atoms with Gasteiger partial charge in [0.2, 0.25) is 0 Å². The van der Waals surface area contributed by atoms with E-state index >= 15 is 0 Å². The topological polar surface area (TPSA) is 85.0 Å². The molecule has 212 valence electrons. The zero-order chi connectivity index (χ0) is 28.7. The van der Waals surface area contributed by atoms with Gasteiger partial charge in [-0.2, -0.15) is 0 Å². The van der Waals surface area contributed by atoms with Gasteiger partial charge in [-0.1, -0.05) is 54.6 Å². The van der Waals surface area contributed by atoms with Crippen LogP contribution in [0.4, 0.5) is 16.2 Å². The highest BCUT2D eigenvalue weighted by Gasteiger charge is 2.15. The zero-order valence-electron chi connectivity index (χ0n) is 23.4. The number of anilines is 2. The van der Waals surface area contributed by atoms with Crippen molar-refractivity contribution < 1.29 is 19.0 Å². The summed E-state index contributed by atoms with van der Waals surface area (Å²) in [6.45, 7) is 4.20. The average Bonchev–Trinajstić information content (AvgIpc) is 3.03. The Labute approximate surface area is 244 Å². The average molecular weight is 561 g/mol. The molecule has 1 aromatic heterocycles. The number of nitrogens with zero attached hydrogens (tertiary/aromatic N) is 2. The third kappa shape index (κ3) is 6.35. The molecule has 0 bridgehead atoms. The molecule has 5 aromatic rings. The number of rotatable bonds is 8. The van der Waals surface area contributed by atoms with Crippen molar-refractivity contribution in [1.82, 2.24) is 9.88 Å². The van der Waals surface area contributed by atoms with Crippen molar-refractivity contribution >= 4 is 28.2 Å². The maximum Gasteiger partial charge on any atom is 0.323 e. The van der Waals surface area contributed by atoms with E-state index in [2.05, 4.69) is 33.7 Å². The molecule has 1 aliphatic heterocycles. The molecule has 0 saturated carbocycles. The van der Waals surface area contributed by atoms with Crippen LogP contribution in [0.1, 0.15) is 5.69 Å². The zero-order valence-corrected chi connectivity index (χ0v) is 23.4. The number of pyridine rings is 1. The number of amides is 2. The molecule has 0 unspecified atom stereocenters. The first kappa shape index (κ1) is 27.3. The third-order valence-corrected chi connectivity index (χ3v) is 7.20. The molecule has 42 heavy (non-hydrogen) atoms. The summed E-state index contributed by atoms with van der Waals surface area (Å²) in [6.07, 6.45) is 1.92. The highest BCUT2D eigenvalue weighted by molar-refractivity contribution is 6.10. The number of carbonyl (C=O) groups is 1. The van der Waals surface area contributed by atoms with E-state index in [0.717, 1.165) is 60.4 Å². The second kappa shape index (κ2) is 12.7. The fourth-order valence-electron chi connectivity index (χ4n) is 5.07. The van der Waals surface area contributed by atoms with E-state index in [4.69, 9.17) is 19.2 Å². The minimum Gasteiger partial charge on any atom is -0.495 e. The molecule has 2 heterocycles. The van der Waals surface area contributed by atoms with Gasteiger partial charge in [-0.15, -0.1) is 0 Å². The molecule has 2 amide bonds. The highest BCUT2D eigenvalue weighted by Crippen LogP contribution is 2.34. The Morgan fingerprint density at radius 2 is 1.60 bits per heavy atom. The van der Waals surface area contributed by atoms with Crippen molar-refractivity contribution in [2.24, 2.45) is 0 Å². The van der Waals surface area contributed by atoms with E-state index in [1.807, 2.05) is 66.9 Å². The van der Waals surface area contributed by atoms with Gasteiger partial charge in [0.15, 0.2) is 0 Å². The number of aromatic nitrogens is 1. The molecule has 0 aliphatic carbocycles. The molecule has 1 fully saturated rings. The fraction of sp³-hybridized carbons (Fsp3) is 0.176. The van der Waals surface area contributed by atoms with Crippen LogP contribution in [0, 0.1) is 0 Å². The number of urea groups is 1. The fourth-order valence-corrected chi connectivity index (χ4v) is 5.07. The van der Waals surface area contributed by atoms with Crippen molar-refractivity contribution in [3.05, 3.63) is 109 Å². The number of morpholine rings is 1. The van der Waals surface area contributed by atoms with Crippen molar-refractivity contribution in [2.45, 2.75) is 6.54 Å². The molecule has 4 aromatic carbocycles. The normalized spacial score (nSPS) is 13.5. The number of carbonyl (C=O) groups excluding carboxylic acids is 1. The van der Waals surface area contributed by atoms with Crippen molar-refractivity contribution in [2.75, 3.05) is 44.0 Å². The lowest BCUT2D eigenvalue weighted by molar-refractivity contribution is 0.0336. The van der Waals surface area contributed by atoms with E-state index < -0.39 is 6.03 Å². The van der Waals surface area contributed by atoms with Gasteiger partial charge < -0.3 is 24.8 Å². The molecule has 8 nitrogen and oxygen atoms in total. The molecule has 1 saturated heterocycles. The van der Waals surface area contributed by atoms with Crippen LogP contribution in [0.3, 0.4) is 0 Å². The number of methoxy groups -OCH3 is 1. The van der Waals surface area contributed by atoms with Gasteiger partial charge in [0.1, 0.15) is 17.2 Å². The molecule has 8 heteroatoms. The first-order chi connectivity index (χ1) is 20.7. The molecule has 0 spiro atoms. The molecule has 0 radical (unpaired) electrons. The van der Waals surface area contributed by atoms with Crippen LogP contribution in [0.2, 0.25) is 0 Å². The number of para-hydroxylation sites is 1. The molecule has 6 rings (SSSR count). The number of fused-ring (bicyclic) bond motifs is 1. The SMILES string of the molecule is COc1ccc(Oc2ccccc2)cc1NC(=O)Nc1ccc(-c2ccc(CN3CCOCC3)nc2)c2ccccc12. The van der Waals surface area contributed by atoms with E-state index in [0.29, 0.717) is 28.6 Å². The third-order valence-electron chi connectivity index (χ3n) is 7.20. The number of ether oxygens (including phenoxy) is 3. The molecular weight excluding hydrogens is 528 g/mol. The number of hydrogen-bond acceptors (Lipinski definition) is 6. The Morgan fingerprint density at radius 3 is 2.36 bits per heavy atom. The predicted octanol–water partition coefficient (Wildman–Crippen LogP) is 7.18. The Hall–Kier alpha value is -4.92. The Bertz CT molecular complexity index is 1670. The van der Waals surface area contributed by atoms with Gasteiger partial charge in [0.25, 0.3) is 0 Å². The Kier molecular flexibility index (Phi) is 8.26. The predicted molar refractivity (Wildman–Crippen MR) is 165 cm³/mol. The molecule has 0 atom stereocenters. The summed E-state index contributed by atoms with van der Waals surface area (Å²) in [5.41, 5.74) is 4.29. The smallest absolute Gasteiger partial charge is 0.323 e. The maximum atomic E-state index is 13.2. The molecular formula is C34H32N4O4. The van der Waals surface area contributed by atoms with Crippen molar-refractivity contribution in [3.63, 3.8) is 0 Å². The minimum atomic E-state index is -0.391. The van der Waals surface area contributed by atoms with Gasteiger partial charge >= 0.3 is 6.03 Å². The summed E-state index contributed by atoms with van der Waals surface area (Å²) in [7, 11) is 1.56. The van der Waals surface area contributed by atoms with Gasteiger partial charge in [-0.3, -0.25) is 9.88 Å². The van der Waals surface area contributed by atoms with Crippen LogP contribution < -0.4 is 20.1 Å².